The van der Waals surface area contributed by atoms with Crippen molar-refractivity contribution in [1.82, 2.24) is 0 Å². The minimum atomic E-state index is -3.91. The van der Waals surface area contributed by atoms with Crippen molar-refractivity contribution in [2.75, 3.05) is 0 Å². The van der Waals surface area contributed by atoms with Gasteiger partial charge in [-0.15, -0.1) is 0 Å². The van der Waals surface area contributed by atoms with E-state index in [0.29, 0.717) is 12.8 Å². The van der Waals surface area contributed by atoms with E-state index in [1.165, 1.54) is 12.1 Å². The lowest BCUT2D eigenvalue weighted by Crippen LogP contribution is -2.44. The van der Waals surface area contributed by atoms with Crippen molar-refractivity contribution in [3.63, 3.8) is 0 Å². The highest BCUT2D eigenvalue weighted by Crippen LogP contribution is 2.57. The number of benzene rings is 1. The molecule has 2 saturated carbocycles. The Balaban J connectivity index is 1.93. The summed E-state index contributed by atoms with van der Waals surface area (Å²) in [5, 5.41) is 0. The quantitative estimate of drug-likeness (QED) is 0.806. The largest absolute Gasteiger partial charge is 0.297 e. The van der Waals surface area contributed by atoms with Gasteiger partial charge in [0.2, 0.25) is 0 Å². The summed E-state index contributed by atoms with van der Waals surface area (Å²) in [6.45, 7) is 5.67. The van der Waals surface area contributed by atoms with Crippen molar-refractivity contribution in [2.45, 2.75) is 50.5 Å². The SMILES string of the molecule is Cc1ccc(S(=O)(=O)OC23CCC(C2)C(C)(C)C3=O)cc1. The number of rotatable bonds is 3. The second-order valence-corrected chi connectivity index (χ2v) is 8.38. The van der Waals surface area contributed by atoms with E-state index in [2.05, 4.69) is 0 Å². The summed E-state index contributed by atoms with van der Waals surface area (Å²) in [6.07, 6.45) is 1.87. The molecule has 1 aromatic carbocycles. The number of fused-ring (bicyclic) bond motifs is 2. The van der Waals surface area contributed by atoms with Crippen LogP contribution >= 0.6 is 0 Å². The average molecular weight is 308 g/mol. The fourth-order valence-electron chi connectivity index (χ4n) is 3.68. The third kappa shape index (κ3) is 2.14. The molecule has 114 valence electrons. The Morgan fingerprint density at radius 2 is 1.81 bits per heavy atom. The summed E-state index contributed by atoms with van der Waals surface area (Å²) in [5.41, 5.74) is -0.648. The lowest BCUT2D eigenvalue weighted by molar-refractivity contribution is -0.140. The Bertz CT molecular complexity index is 687. The Kier molecular flexibility index (Phi) is 3.08. The molecule has 5 heteroatoms. The van der Waals surface area contributed by atoms with Crippen LogP contribution in [0.3, 0.4) is 0 Å². The van der Waals surface area contributed by atoms with Crippen LogP contribution in [0.4, 0.5) is 0 Å². The summed E-state index contributed by atoms with van der Waals surface area (Å²) in [7, 11) is -3.91. The van der Waals surface area contributed by atoms with Gasteiger partial charge in [-0.3, -0.25) is 8.98 Å². The van der Waals surface area contributed by atoms with E-state index in [9.17, 15) is 13.2 Å². The Morgan fingerprint density at radius 3 is 2.33 bits per heavy atom. The molecule has 1 aromatic rings. The Labute approximate surface area is 125 Å². The number of carbonyl (C=O) groups is 1. The van der Waals surface area contributed by atoms with Gasteiger partial charge in [0.15, 0.2) is 5.78 Å². The zero-order valence-corrected chi connectivity index (χ0v) is 13.4. The molecule has 2 atom stereocenters. The van der Waals surface area contributed by atoms with Crippen molar-refractivity contribution in [1.29, 1.82) is 0 Å². The molecule has 2 bridgehead atoms. The van der Waals surface area contributed by atoms with Crippen molar-refractivity contribution in [3.05, 3.63) is 29.8 Å². The lowest BCUT2D eigenvalue weighted by Gasteiger charge is -2.32. The van der Waals surface area contributed by atoms with E-state index < -0.39 is 21.1 Å². The standard InChI is InChI=1S/C16H20O4S/c1-11-4-6-13(7-5-11)21(18,19)20-16-9-8-12(10-16)15(2,3)14(16)17/h4-7,12H,8-10H2,1-3H3. The van der Waals surface area contributed by atoms with Gasteiger partial charge in [0.1, 0.15) is 5.60 Å². The van der Waals surface area contributed by atoms with E-state index >= 15 is 0 Å². The topological polar surface area (TPSA) is 60.4 Å². The van der Waals surface area contributed by atoms with Gasteiger partial charge in [-0.05, 0) is 44.2 Å². The highest BCUT2D eigenvalue weighted by atomic mass is 32.2. The molecule has 0 amide bonds. The van der Waals surface area contributed by atoms with Gasteiger partial charge in [0, 0.05) is 5.41 Å². The number of aryl methyl sites for hydroxylation is 1. The van der Waals surface area contributed by atoms with Crippen LogP contribution in [0.1, 0.15) is 38.7 Å². The summed E-state index contributed by atoms with van der Waals surface area (Å²) < 4.78 is 30.4. The zero-order valence-electron chi connectivity index (χ0n) is 12.5. The maximum Gasteiger partial charge on any atom is 0.297 e. The van der Waals surface area contributed by atoms with E-state index in [4.69, 9.17) is 4.18 Å². The van der Waals surface area contributed by atoms with Gasteiger partial charge in [0.05, 0.1) is 4.90 Å². The molecule has 0 spiro atoms. The molecule has 0 saturated heterocycles. The monoisotopic (exact) mass is 308 g/mol. The molecule has 4 nitrogen and oxygen atoms in total. The molecule has 0 heterocycles. The minimum absolute atomic E-state index is 0.0677. The van der Waals surface area contributed by atoms with Crippen LogP contribution in [0.25, 0.3) is 0 Å². The smallest absolute Gasteiger partial charge is 0.296 e. The van der Waals surface area contributed by atoms with Crippen LogP contribution in [0.15, 0.2) is 29.2 Å². The highest BCUT2D eigenvalue weighted by Gasteiger charge is 2.64. The fraction of sp³-hybridized carbons (Fsp3) is 0.562. The maximum atomic E-state index is 12.6. The predicted molar refractivity (Wildman–Crippen MR) is 78.3 cm³/mol. The second kappa shape index (κ2) is 4.40. The first-order chi connectivity index (χ1) is 9.67. The third-order valence-corrected chi connectivity index (χ3v) is 6.46. The molecule has 0 radical (unpaired) electrons. The third-order valence-electron chi connectivity index (χ3n) is 5.07. The van der Waals surface area contributed by atoms with Crippen molar-refractivity contribution in [2.24, 2.45) is 11.3 Å². The number of Topliss-reactive ketones (excluding diaryl/α,β-unsaturated/α-hetero) is 1. The fourth-order valence-corrected chi connectivity index (χ4v) is 4.89. The van der Waals surface area contributed by atoms with E-state index in [1.54, 1.807) is 12.1 Å². The van der Waals surface area contributed by atoms with Crippen LogP contribution in [-0.4, -0.2) is 19.8 Å². The van der Waals surface area contributed by atoms with Gasteiger partial charge < -0.3 is 0 Å². The average Bonchev–Trinajstić information content (AvgIpc) is 2.89. The van der Waals surface area contributed by atoms with E-state index in [1.807, 2.05) is 20.8 Å². The van der Waals surface area contributed by atoms with Gasteiger partial charge in [-0.25, -0.2) is 0 Å². The summed E-state index contributed by atoms with van der Waals surface area (Å²) in [5.74, 6) is 0.153. The first-order valence-corrected chi connectivity index (χ1v) is 8.65. The molecule has 2 aliphatic rings. The number of ketones is 1. The minimum Gasteiger partial charge on any atom is -0.296 e. The first kappa shape index (κ1) is 14.7. The maximum absolute atomic E-state index is 12.6. The van der Waals surface area contributed by atoms with Crippen molar-refractivity contribution < 1.29 is 17.4 Å². The van der Waals surface area contributed by atoms with Gasteiger partial charge in [-0.1, -0.05) is 31.5 Å². The number of carbonyl (C=O) groups excluding carboxylic acids is 1. The van der Waals surface area contributed by atoms with Crippen LogP contribution in [0.2, 0.25) is 0 Å². The van der Waals surface area contributed by atoms with Crippen LogP contribution in [-0.2, 0) is 19.1 Å². The van der Waals surface area contributed by atoms with Gasteiger partial charge in [0.25, 0.3) is 10.1 Å². The second-order valence-electron chi connectivity index (χ2n) is 6.84. The molecule has 2 fully saturated rings. The van der Waals surface area contributed by atoms with Crippen molar-refractivity contribution in [3.8, 4) is 0 Å². The van der Waals surface area contributed by atoms with Gasteiger partial charge in [-0.2, -0.15) is 8.42 Å². The number of hydrogen-bond donors (Lipinski definition) is 0. The Hall–Kier alpha value is -1.20. The molecule has 21 heavy (non-hydrogen) atoms. The molecule has 0 aromatic heterocycles. The molecule has 0 N–H and O–H groups in total. The highest BCUT2D eigenvalue weighted by molar-refractivity contribution is 7.86. The Morgan fingerprint density at radius 1 is 1.19 bits per heavy atom. The van der Waals surface area contributed by atoms with E-state index in [-0.39, 0.29) is 16.6 Å². The predicted octanol–water partition coefficient (Wildman–Crippen LogP) is 2.85. The molecule has 2 aliphatic carbocycles. The van der Waals surface area contributed by atoms with Crippen molar-refractivity contribution >= 4 is 15.9 Å². The normalized spacial score (nSPS) is 30.8. The summed E-state index contributed by atoms with van der Waals surface area (Å²) in [6, 6.07) is 6.51. The summed E-state index contributed by atoms with van der Waals surface area (Å²) in [4.78, 5) is 12.7. The molecule has 2 unspecified atom stereocenters. The van der Waals surface area contributed by atoms with Crippen LogP contribution in [0, 0.1) is 18.3 Å². The summed E-state index contributed by atoms with van der Waals surface area (Å²) >= 11 is 0. The molecule has 0 aliphatic heterocycles. The van der Waals surface area contributed by atoms with E-state index in [0.717, 1.165) is 12.0 Å². The molecular weight excluding hydrogens is 288 g/mol. The first-order valence-electron chi connectivity index (χ1n) is 7.25. The lowest BCUT2D eigenvalue weighted by atomic mass is 9.75. The molecular formula is C16H20O4S. The zero-order chi connectivity index (χ0) is 15.5. The number of hydrogen-bond acceptors (Lipinski definition) is 4. The molecule has 3 rings (SSSR count). The van der Waals surface area contributed by atoms with Crippen LogP contribution in [0.5, 0.6) is 0 Å². The van der Waals surface area contributed by atoms with Crippen LogP contribution < -0.4 is 0 Å². The van der Waals surface area contributed by atoms with Gasteiger partial charge >= 0.3 is 0 Å².